The molecule has 0 fully saturated rings. The second-order valence-electron chi connectivity index (χ2n) is 6.10. The highest BCUT2D eigenvalue weighted by Crippen LogP contribution is 2.29. The Morgan fingerprint density at radius 2 is 1.90 bits per heavy atom. The van der Waals surface area contributed by atoms with Crippen molar-refractivity contribution in [1.29, 1.82) is 0 Å². The zero-order valence-electron chi connectivity index (χ0n) is 15.7. The summed E-state index contributed by atoms with van der Waals surface area (Å²) >= 11 is 1.34. The van der Waals surface area contributed by atoms with Crippen LogP contribution in [0.4, 0.5) is 5.69 Å². The molecule has 0 saturated carbocycles. The second kappa shape index (κ2) is 7.76. The van der Waals surface area contributed by atoms with E-state index < -0.39 is 11.5 Å². The standard InChI is InChI=1S/C21H17N3O4S/c1-27-14-8-9-16(18(10-14)28-2)23-19(25)15-11-22-21-24(20(15)26)17(12-29-21)13-6-4-3-5-7-13/h3-12H,1-2H3,(H,23,25). The molecular weight excluding hydrogens is 390 g/mol. The summed E-state index contributed by atoms with van der Waals surface area (Å²) in [6.07, 6.45) is 1.30. The van der Waals surface area contributed by atoms with E-state index in [2.05, 4.69) is 10.3 Å². The van der Waals surface area contributed by atoms with Gasteiger partial charge in [-0.2, -0.15) is 0 Å². The Hall–Kier alpha value is -3.65. The molecule has 7 nitrogen and oxygen atoms in total. The zero-order valence-corrected chi connectivity index (χ0v) is 16.5. The molecule has 4 rings (SSSR count). The number of aromatic nitrogens is 2. The van der Waals surface area contributed by atoms with Gasteiger partial charge in [-0.3, -0.25) is 14.0 Å². The highest BCUT2D eigenvalue weighted by Gasteiger charge is 2.18. The summed E-state index contributed by atoms with van der Waals surface area (Å²) in [5.74, 6) is 0.451. The van der Waals surface area contributed by atoms with Crippen molar-refractivity contribution in [1.82, 2.24) is 9.38 Å². The van der Waals surface area contributed by atoms with Gasteiger partial charge >= 0.3 is 0 Å². The molecule has 8 heteroatoms. The van der Waals surface area contributed by atoms with Gasteiger partial charge in [0.25, 0.3) is 11.5 Å². The summed E-state index contributed by atoms with van der Waals surface area (Å²) in [4.78, 5) is 30.7. The lowest BCUT2D eigenvalue weighted by Gasteiger charge is -2.11. The Morgan fingerprint density at radius 3 is 2.62 bits per heavy atom. The van der Waals surface area contributed by atoms with Crippen LogP contribution in [0.5, 0.6) is 11.5 Å². The van der Waals surface area contributed by atoms with E-state index in [9.17, 15) is 9.59 Å². The van der Waals surface area contributed by atoms with Crippen LogP contribution in [0.3, 0.4) is 0 Å². The number of carbonyl (C=O) groups is 1. The molecule has 1 N–H and O–H groups in total. The normalized spacial score (nSPS) is 10.7. The monoisotopic (exact) mass is 407 g/mol. The van der Waals surface area contributed by atoms with Gasteiger partial charge < -0.3 is 14.8 Å². The van der Waals surface area contributed by atoms with E-state index in [1.807, 2.05) is 35.7 Å². The third kappa shape index (κ3) is 3.45. The van der Waals surface area contributed by atoms with Crippen molar-refractivity contribution in [2.24, 2.45) is 0 Å². The quantitative estimate of drug-likeness (QED) is 0.546. The van der Waals surface area contributed by atoms with E-state index in [-0.39, 0.29) is 5.56 Å². The first-order chi connectivity index (χ1) is 14.1. The zero-order chi connectivity index (χ0) is 20.4. The number of nitrogens with zero attached hydrogens (tertiary/aromatic N) is 2. The summed E-state index contributed by atoms with van der Waals surface area (Å²) in [5.41, 5.74) is 1.50. The number of amides is 1. The number of hydrogen-bond donors (Lipinski definition) is 1. The maximum Gasteiger partial charge on any atom is 0.271 e. The van der Waals surface area contributed by atoms with Crippen LogP contribution >= 0.6 is 11.3 Å². The number of methoxy groups -OCH3 is 2. The summed E-state index contributed by atoms with van der Waals surface area (Å²) in [5, 5.41) is 4.57. The Bertz CT molecular complexity index is 1250. The van der Waals surface area contributed by atoms with Gasteiger partial charge in [0.05, 0.1) is 25.6 Å². The fourth-order valence-corrected chi connectivity index (χ4v) is 3.81. The molecule has 0 aliphatic rings. The summed E-state index contributed by atoms with van der Waals surface area (Å²) in [7, 11) is 3.03. The largest absolute Gasteiger partial charge is 0.497 e. The topological polar surface area (TPSA) is 81.9 Å². The number of anilines is 1. The number of rotatable bonds is 5. The molecule has 2 heterocycles. The first-order valence-electron chi connectivity index (χ1n) is 8.70. The fourth-order valence-electron chi connectivity index (χ4n) is 2.95. The molecule has 146 valence electrons. The number of carbonyl (C=O) groups excluding carboxylic acids is 1. The van der Waals surface area contributed by atoms with Crippen LogP contribution in [0, 0.1) is 0 Å². The molecular formula is C21H17N3O4S. The van der Waals surface area contributed by atoms with Gasteiger partial charge in [0.2, 0.25) is 0 Å². The number of fused-ring (bicyclic) bond motifs is 1. The van der Waals surface area contributed by atoms with Gasteiger partial charge in [-0.25, -0.2) is 4.98 Å². The molecule has 0 saturated heterocycles. The molecule has 0 atom stereocenters. The van der Waals surface area contributed by atoms with Crippen molar-refractivity contribution < 1.29 is 14.3 Å². The maximum absolute atomic E-state index is 13.1. The van der Waals surface area contributed by atoms with Crippen molar-refractivity contribution in [3.8, 4) is 22.8 Å². The molecule has 29 heavy (non-hydrogen) atoms. The van der Waals surface area contributed by atoms with E-state index in [0.717, 1.165) is 5.56 Å². The van der Waals surface area contributed by atoms with Crippen molar-refractivity contribution in [2.45, 2.75) is 0 Å². The molecule has 0 unspecified atom stereocenters. The number of benzene rings is 2. The van der Waals surface area contributed by atoms with Crippen LogP contribution in [0.25, 0.3) is 16.2 Å². The highest BCUT2D eigenvalue weighted by molar-refractivity contribution is 7.15. The molecule has 0 aliphatic carbocycles. The molecule has 4 aromatic rings. The lowest BCUT2D eigenvalue weighted by molar-refractivity contribution is 0.102. The molecule has 0 spiro atoms. The summed E-state index contributed by atoms with van der Waals surface area (Å²) in [6, 6.07) is 14.5. The van der Waals surface area contributed by atoms with E-state index in [4.69, 9.17) is 9.47 Å². The molecule has 2 aromatic heterocycles. The Labute approximate surface area is 170 Å². The predicted molar refractivity (Wildman–Crippen MR) is 112 cm³/mol. The van der Waals surface area contributed by atoms with E-state index in [0.29, 0.717) is 27.8 Å². The lowest BCUT2D eigenvalue weighted by Crippen LogP contribution is -2.26. The van der Waals surface area contributed by atoms with Crippen LogP contribution in [0.15, 0.2) is 64.9 Å². The average Bonchev–Trinajstić information content (AvgIpc) is 3.20. The van der Waals surface area contributed by atoms with Crippen LogP contribution in [0.2, 0.25) is 0 Å². The van der Waals surface area contributed by atoms with Crippen LogP contribution in [-0.4, -0.2) is 29.5 Å². The lowest BCUT2D eigenvalue weighted by atomic mass is 10.2. The summed E-state index contributed by atoms with van der Waals surface area (Å²) < 4.78 is 11.9. The summed E-state index contributed by atoms with van der Waals surface area (Å²) in [6.45, 7) is 0. The number of hydrogen-bond acceptors (Lipinski definition) is 6. The minimum absolute atomic E-state index is 0.0593. The van der Waals surface area contributed by atoms with Crippen molar-refractivity contribution in [3.05, 3.63) is 76.0 Å². The molecule has 0 aliphatic heterocycles. The van der Waals surface area contributed by atoms with E-state index >= 15 is 0 Å². The minimum Gasteiger partial charge on any atom is -0.497 e. The van der Waals surface area contributed by atoms with Gasteiger partial charge in [0.15, 0.2) is 4.96 Å². The SMILES string of the molecule is COc1ccc(NC(=O)c2cnc3scc(-c4ccccc4)n3c2=O)c(OC)c1. The number of nitrogens with one attached hydrogen (secondary N) is 1. The van der Waals surface area contributed by atoms with Crippen LogP contribution in [-0.2, 0) is 0 Å². The Morgan fingerprint density at radius 1 is 1.10 bits per heavy atom. The highest BCUT2D eigenvalue weighted by atomic mass is 32.1. The van der Waals surface area contributed by atoms with Gasteiger partial charge in [-0.1, -0.05) is 30.3 Å². The average molecular weight is 407 g/mol. The number of thiazole rings is 1. The van der Waals surface area contributed by atoms with Crippen LogP contribution < -0.4 is 20.3 Å². The Kier molecular flexibility index (Phi) is 5.01. The second-order valence-corrected chi connectivity index (χ2v) is 6.94. The maximum atomic E-state index is 13.1. The number of ether oxygens (including phenoxy) is 2. The molecule has 1 amide bonds. The predicted octanol–water partition coefficient (Wildman–Crippen LogP) is 3.69. The molecule has 0 bridgehead atoms. The van der Waals surface area contributed by atoms with E-state index in [1.54, 1.807) is 25.3 Å². The van der Waals surface area contributed by atoms with Gasteiger partial charge in [-0.05, 0) is 17.7 Å². The molecule has 0 radical (unpaired) electrons. The van der Waals surface area contributed by atoms with Crippen molar-refractivity contribution in [3.63, 3.8) is 0 Å². The minimum atomic E-state index is -0.564. The van der Waals surface area contributed by atoms with Gasteiger partial charge in [-0.15, -0.1) is 11.3 Å². The van der Waals surface area contributed by atoms with Crippen molar-refractivity contribution >= 4 is 27.9 Å². The third-order valence-electron chi connectivity index (χ3n) is 4.42. The smallest absolute Gasteiger partial charge is 0.271 e. The fraction of sp³-hybridized carbons (Fsp3) is 0.0952. The first-order valence-corrected chi connectivity index (χ1v) is 9.58. The van der Waals surface area contributed by atoms with Crippen LogP contribution in [0.1, 0.15) is 10.4 Å². The first kappa shape index (κ1) is 18.7. The third-order valence-corrected chi connectivity index (χ3v) is 5.26. The van der Waals surface area contributed by atoms with Gasteiger partial charge in [0, 0.05) is 17.6 Å². The molecule has 2 aromatic carbocycles. The van der Waals surface area contributed by atoms with Gasteiger partial charge in [0.1, 0.15) is 17.1 Å². The Balaban J connectivity index is 1.74. The van der Waals surface area contributed by atoms with E-state index in [1.165, 1.54) is 29.0 Å². The van der Waals surface area contributed by atoms with Crippen molar-refractivity contribution in [2.75, 3.05) is 19.5 Å².